The molecule has 0 atom stereocenters. The van der Waals surface area contributed by atoms with E-state index in [1.807, 2.05) is 6.92 Å². The molecular formula is C11H13N3O3. The smallest absolute Gasteiger partial charge is 0.349 e. The van der Waals surface area contributed by atoms with Crippen molar-refractivity contribution in [3.8, 4) is 11.4 Å². The molecule has 6 heteroatoms. The summed E-state index contributed by atoms with van der Waals surface area (Å²) < 4.78 is 7.78. The Hall–Kier alpha value is -2.24. The maximum atomic E-state index is 11.5. The molecule has 2 rings (SSSR count). The second kappa shape index (κ2) is 4.32. The molecule has 17 heavy (non-hydrogen) atoms. The third kappa shape index (κ3) is 2.01. The van der Waals surface area contributed by atoms with Crippen molar-refractivity contribution in [2.24, 2.45) is 7.05 Å². The number of benzene rings is 1. The number of ether oxygens (including phenoxy) is 1. The third-order valence-corrected chi connectivity index (χ3v) is 2.39. The van der Waals surface area contributed by atoms with Gasteiger partial charge in [0.15, 0.2) is 0 Å². The number of nitrogens with zero attached hydrogens (tertiary/aromatic N) is 2. The third-order valence-electron chi connectivity index (χ3n) is 2.39. The maximum absolute atomic E-state index is 11.5. The molecule has 1 aromatic carbocycles. The van der Waals surface area contributed by atoms with Gasteiger partial charge in [0.05, 0.1) is 12.3 Å². The fourth-order valence-corrected chi connectivity index (χ4v) is 1.59. The molecule has 0 spiro atoms. The van der Waals surface area contributed by atoms with Crippen LogP contribution in [0.2, 0.25) is 0 Å². The van der Waals surface area contributed by atoms with Crippen LogP contribution in [0.25, 0.3) is 5.69 Å². The van der Waals surface area contributed by atoms with E-state index in [1.165, 1.54) is 16.4 Å². The molecule has 1 aromatic heterocycles. The van der Waals surface area contributed by atoms with E-state index >= 15 is 0 Å². The maximum Gasteiger partial charge on any atom is 0.349 e. The van der Waals surface area contributed by atoms with Gasteiger partial charge in [0.1, 0.15) is 5.75 Å². The molecule has 0 aliphatic heterocycles. The number of H-pyrrole nitrogens is 1. The normalized spacial score (nSPS) is 10.5. The number of rotatable bonds is 3. The van der Waals surface area contributed by atoms with Crippen molar-refractivity contribution in [3.63, 3.8) is 0 Å². The van der Waals surface area contributed by atoms with Crippen LogP contribution in [-0.4, -0.2) is 21.0 Å². The predicted molar refractivity (Wildman–Crippen MR) is 62.8 cm³/mol. The van der Waals surface area contributed by atoms with Gasteiger partial charge in [-0.1, -0.05) is 0 Å². The van der Waals surface area contributed by atoms with Gasteiger partial charge in [-0.15, -0.1) is 0 Å². The molecule has 0 aliphatic rings. The molecule has 0 bridgehead atoms. The molecular weight excluding hydrogens is 222 g/mol. The number of nitrogens with one attached hydrogen (secondary N) is 1. The van der Waals surface area contributed by atoms with Crippen LogP contribution < -0.4 is 16.1 Å². The molecule has 1 N–H and O–H groups in total. The summed E-state index contributed by atoms with van der Waals surface area (Å²) >= 11 is 0. The van der Waals surface area contributed by atoms with Crippen molar-refractivity contribution in [3.05, 3.63) is 45.2 Å². The average molecular weight is 235 g/mol. The Morgan fingerprint density at radius 2 is 1.82 bits per heavy atom. The molecule has 1 heterocycles. The first-order valence-electron chi connectivity index (χ1n) is 5.25. The zero-order chi connectivity index (χ0) is 12.4. The first-order chi connectivity index (χ1) is 8.13. The van der Waals surface area contributed by atoms with E-state index in [1.54, 1.807) is 24.3 Å². The molecule has 2 aromatic rings. The van der Waals surface area contributed by atoms with E-state index in [0.717, 1.165) is 5.75 Å². The van der Waals surface area contributed by atoms with Crippen LogP contribution in [0.15, 0.2) is 33.9 Å². The highest BCUT2D eigenvalue weighted by atomic mass is 16.5. The van der Waals surface area contributed by atoms with Gasteiger partial charge in [-0.05, 0) is 31.2 Å². The van der Waals surface area contributed by atoms with E-state index in [-0.39, 0.29) is 0 Å². The fraction of sp³-hybridized carbons (Fsp3) is 0.273. The summed E-state index contributed by atoms with van der Waals surface area (Å²) in [7, 11) is 1.52. The van der Waals surface area contributed by atoms with Crippen LogP contribution in [-0.2, 0) is 7.05 Å². The minimum Gasteiger partial charge on any atom is -0.494 e. The lowest BCUT2D eigenvalue weighted by molar-refractivity contribution is 0.340. The summed E-state index contributed by atoms with van der Waals surface area (Å²) in [5.41, 5.74) is -0.287. The number of hydrogen-bond donors (Lipinski definition) is 1. The molecule has 90 valence electrons. The van der Waals surface area contributed by atoms with Gasteiger partial charge in [0.25, 0.3) is 0 Å². The first-order valence-corrected chi connectivity index (χ1v) is 5.25. The Bertz CT molecular complexity index is 619. The van der Waals surface area contributed by atoms with Gasteiger partial charge in [-0.2, -0.15) is 4.68 Å². The van der Waals surface area contributed by atoms with E-state index in [4.69, 9.17) is 4.74 Å². The Morgan fingerprint density at radius 3 is 2.29 bits per heavy atom. The van der Waals surface area contributed by atoms with Gasteiger partial charge in [0.2, 0.25) is 0 Å². The van der Waals surface area contributed by atoms with Gasteiger partial charge in [-0.25, -0.2) is 14.3 Å². The van der Waals surface area contributed by atoms with E-state index in [9.17, 15) is 9.59 Å². The second-order valence-corrected chi connectivity index (χ2v) is 3.50. The summed E-state index contributed by atoms with van der Waals surface area (Å²) in [5.74, 6) is 0.727. The number of aromatic nitrogens is 3. The minimum absolute atomic E-state index is 0.441. The van der Waals surface area contributed by atoms with E-state index < -0.39 is 11.4 Å². The molecule has 6 nitrogen and oxygen atoms in total. The fourth-order valence-electron chi connectivity index (χ4n) is 1.59. The molecule has 0 amide bonds. The van der Waals surface area contributed by atoms with Crippen LogP contribution in [0.5, 0.6) is 5.75 Å². The summed E-state index contributed by atoms with van der Waals surface area (Å²) in [4.78, 5) is 25.0. The van der Waals surface area contributed by atoms with Gasteiger partial charge in [-0.3, -0.25) is 4.98 Å². The monoisotopic (exact) mass is 235 g/mol. The molecule has 0 fully saturated rings. The Morgan fingerprint density at radius 1 is 1.18 bits per heavy atom. The van der Waals surface area contributed by atoms with Crippen LogP contribution in [0.4, 0.5) is 0 Å². The highest BCUT2D eigenvalue weighted by molar-refractivity contribution is 5.36. The highest BCUT2D eigenvalue weighted by Crippen LogP contribution is 2.13. The molecule has 0 saturated carbocycles. The van der Waals surface area contributed by atoms with E-state index in [2.05, 4.69) is 4.98 Å². The standard InChI is InChI=1S/C11H13N3O3/c1-3-17-9-6-4-8(5-7-9)14-11(16)12-10(15)13(14)2/h4-7H,3H2,1-2H3,(H,12,15,16). The van der Waals surface area contributed by atoms with E-state index in [0.29, 0.717) is 12.3 Å². The van der Waals surface area contributed by atoms with Crippen molar-refractivity contribution in [1.29, 1.82) is 0 Å². The van der Waals surface area contributed by atoms with Crippen LogP contribution in [0.3, 0.4) is 0 Å². The van der Waals surface area contributed by atoms with Crippen molar-refractivity contribution >= 4 is 0 Å². The highest BCUT2D eigenvalue weighted by Gasteiger charge is 2.07. The van der Waals surface area contributed by atoms with Gasteiger partial charge < -0.3 is 4.74 Å². The van der Waals surface area contributed by atoms with Crippen molar-refractivity contribution in [2.45, 2.75) is 6.92 Å². The lowest BCUT2D eigenvalue weighted by Gasteiger charge is -2.06. The molecule has 0 unspecified atom stereocenters. The summed E-state index contributed by atoms with van der Waals surface area (Å²) in [6.45, 7) is 2.48. The van der Waals surface area contributed by atoms with Crippen molar-refractivity contribution < 1.29 is 4.74 Å². The quantitative estimate of drug-likeness (QED) is 0.829. The zero-order valence-electron chi connectivity index (χ0n) is 9.64. The van der Waals surface area contributed by atoms with Crippen LogP contribution >= 0.6 is 0 Å². The lowest BCUT2D eigenvalue weighted by Crippen LogP contribution is -2.22. The Balaban J connectivity index is 2.47. The number of hydrogen-bond acceptors (Lipinski definition) is 3. The lowest BCUT2D eigenvalue weighted by atomic mass is 10.3. The first kappa shape index (κ1) is 11.3. The van der Waals surface area contributed by atoms with Crippen LogP contribution in [0, 0.1) is 0 Å². The summed E-state index contributed by atoms with van der Waals surface area (Å²) in [6.07, 6.45) is 0. The molecule has 0 saturated heterocycles. The summed E-state index contributed by atoms with van der Waals surface area (Å²) in [5, 5.41) is 0. The van der Waals surface area contributed by atoms with Gasteiger partial charge >= 0.3 is 11.4 Å². The number of aromatic amines is 1. The largest absolute Gasteiger partial charge is 0.494 e. The van der Waals surface area contributed by atoms with Crippen molar-refractivity contribution in [1.82, 2.24) is 14.3 Å². The van der Waals surface area contributed by atoms with Crippen molar-refractivity contribution in [2.75, 3.05) is 6.61 Å². The predicted octanol–water partition coefficient (Wildman–Crippen LogP) is 0.263. The minimum atomic E-state index is -0.457. The Kier molecular flexibility index (Phi) is 2.86. The topological polar surface area (TPSA) is 69.0 Å². The molecule has 0 aliphatic carbocycles. The van der Waals surface area contributed by atoms with Crippen LogP contribution in [0.1, 0.15) is 6.92 Å². The average Bonchev–Trinajstić information content (AvgIpc) is 2.55. The second-order valence-electron chi connectivity index (χ2n) is 3.50. The zero-order valence-corrected chi connectivity index (χ0v) is 9.64. The SMILES string of the molecule is CCOc1ccc(-n2c(=O)[nH]c(=O)n2C)cc1. The van der Waals surface area contributed by atoms with Gasteiger partial charge in [0, 0.05) is 7.05 Å². The summed E-state index contributed by atoms with van der Waals surface area (Å²) in [6, 6.07) is 6.95. The molecule has 0 radical (unpaired) electrons. The Labute approximate surface area is 97.1 Å².